The molecule has 248 valence electrons. The highest BCUT2D eigenvalue weighted by Crippen LogP contribution is 2.33. The summed E-state index contributed by atoms with van der Waals surface area (Å²) in [5, 5.41) is 2.97. The molecular formula is C36H40FN3O6S. The van der Waals surface area contributed by atoms with Crippen molar-refractivity contribution in [3.8, 4) is 11.5 Å². The number of para-hydroxylation sites is 2. The zero-order valence-electron chi connectivity index (χ0n) is 26.9. The van der Waals surface area contributed by atoms with Crippen molar-refractivity contribution in [2.45, 2.75) is 50.2 Å². The first-order valence-corrected chi connectivity index (χ1v) is 16.7. The molecule has 47 heavy (non-hydrogen) atoms. The molecule has 0 fully saturated rings. The molecule has 4 aromatic carbocycles. The normalized spacial score (nSPS) is 12.4. The second kappa shape index (κ2) is 16.1. The molecule has 0 aliphatic heterocycles. The van der Waals surface area contributed by atoms with E-state index in [1.165, 1.54) is 67.7 Å². The summed E-state index contributed by atoms with van der Waals surface area (Å²) in [5.74, 6) is -1.03. The Morgan fingerprint density at radius 1 is 0.851 bits per heavy atom. The third-order valence-electron chi connectivity index (χ3n) is 7.85. The zero-order valence-corrected chi connectivity index (χ0v) is 27.7. The molecule has 0 saturated heterocycles. The first-order valence-electron chi connectivity index (χ1n) is 15.3. The molecule has 4 rings (SSSR count). The lowest BCUT2D eigenvalue weighted by molar-refractivity contribution is -0.140. The number of ether oxygens (including phenoxy) is 2. The number of anilines is 1. The third kappa shape index (κ3) is 8.68. The summed E-state index contributed by atoms with van der Waals surface area (Å²) in [6.45, 7) is 2.80. The van der Waals surface area contributed by atoms with Gasteiger partial charge in [0.1, 0.15) is 29.9 Å². The van der Waals surface area contributed by atoms with Gasteiger partial charge >= 0.3 is 0 Å². The topological polar surface area (TPSA) is 105 Å². The minimum Gasteiger partial charge on any atom is -0.497 e. The number of carbonyl (C=O) groups excluding carboxylic acids is 2. The van der Waals surface area contributed by atoms with Gasteiger partial charge in [0.25, 0.3) is 10.0 Å². The Kier molecular flexibility index (Phi) is 12.0. The van der Waals surface area contributed by atoms with Gasteiger partial charge < -0.3 is 19.7 Å². The molecule has 0 radical (unpaired) electrons. The van der Waals surface area contributed by atoms with E-state index in [1.807, 2.05) is 44.2 Å². The molecule has 1 N–H and O–H groups in total. The number of hydrogen-bond donors (Lipinski definition) is 1. The number of sulfonamides is 1. The Balaban J connectivity index is 1.84. The van der Waals surface area contributed by atoms with Crippen LogP contribution in [-0.4, -0.2) is 58.0 Å². The van der Waals surface area contributed by atoms with Gasteiger partial charge in [-0.05, 0) is 61.4 Å². The van der Waals surface area contributed by atoms with Crippen LogP contribution in [0.2, 0.25) is 0 Å². The number of nitrogens with zero attached hydrogens (tertiary/aromatic N) is 2. The minimum atomic E-state index is -4.37. The molecule has 0 saturated carbocycles. The summed E-state index contributed by atoms with van der Waals surface area (Å²) in [7, 11) is -1.50. The number of nitrogens with one attached hydrogen (secondary N) is 1. The highest BCUT2D eigenvalue weighted by molar-refractivity contribution is 7.92. The van der Waals surface area contributed by atoms with Crippen molar-refractivity contribution in [2.24, 2.45) is 0 Å². The lowest BCUT2D eigenvalue weighted by atomic mass is 10.0. The smallest absolute Gasteiger partial charge is 0.264 e. The van der Waals surface area contributed by atoms with Crippen molar-refractivity contribution in [3.05, 3.63) is 120 Å². The molecule has 2 amide bonds. The number of halogens is 1. The second-order valence-corrected chi connectivity index (χ2v) is 12.9. The largest absolute Gasteiger partial charge is 0.497 e. The van der Waals surface area contributed by atoms with Crippen LogP contribution in [-0.2, 0) is 32.6 Å². The Morgan fingerprint density at radius 2 is 1.49 bits per heavy atom. The fraction of sp³-hybridized carbons (Fsp3) is 0.278. The van der Waals surface area contributed by atoms with Crippen LogP contribution in [0.1, 0.15) is 31.4 Å². The van der Waals surface area contributed by atoms with E-state index in [1.54, 1.807) is 24.3 Å². The van der Waals surface area contributed by atoms with E-state index in [2.05, 4.69) is 5.32 Å². The molecule has 0 spiro atoms. The molecule has 2 atom stereocenters. The maximum absolute atomic E-state index is 15.1. The van der Waals surface area contributed by atoms with Gasteiger partial charge in [0.15, 0.2) is 0 Å². The SMILES string of the molecule is CCC(C)NC(=O)C(Cc1ccccc1)N(Cc1ccccc1F)C(=O)CN(c1ccccc1OC)S(=O)(=O)c1ccc(OC)cc1. The Bertz CT molecular complexity index is 1750. The highest BCUT2D eigenvalue weighted by atomic mass is 32.2. The fourth-order valence-electron chi connectivity index (χ4n) is 5.03. The van der Waals surface area contributed by atoms with Crippen molar-refractivity contribution in [1.29, 1.82) is 0 Å². The Hall–Kier alpha value is -4.90. The van der Waals surface area contributed by atoms with Crippen LogP contribution in [0.5, 0.6) is 11.5 Å². The van der Waals surface area contributed by atoms with Crippen LogP contribution in [0.25, 0.3) is 0 Å². The van der Waals surface area contributed by atoms with Crippen LogP contribution >= 0.6 is 0 Å². The number of hydrogen-bond acceptors (Lipinski definition) is 6. The average Bonchev–Trinajstić information content (AvgIpc) is 3.09. The molecule has 9 nitrogen and oxygen atoms in total. The number of methoxy groups -OCH3 is 2. The van der Waals surface area contributed by atoms with Gasteiger partial charge in [0.05, 0.1) is 24.8 Å². The van der Waals surface area contributed by atoms with Crippen molar-refractivity contribution in [2.75, 3.05) is 25.1 Å². The van der Waals surface area contributed by atoms with Crippen LogP contribution in [0.3, 0.4) is 0 Å². The number of rotatable bonds is 15. The Morgan fingerprint density at radius 3 is 2.13 bits per heavy atom. The molecule has 11 heteroatoms. The minimum absolute atomic E-state index is 0.0898. The predicted molar refractivity (Wildman–Crippen MR) is 179 cm³/mol. The average molecular weight is 662 g/mol. The van der Waals surface area contributed by atoms with E-state index in [0.717, 1.165) is 9.87 Å². The maximum atomic E-state index is 15.1. The van der Waals surface area contributed by atoms with Gasteiger partial charge in [-0.1, -0.05) is 67.6 Å². The maximum Gasteiger partial charge on any atom is 0.264 e. The van der Waals surface area contributed by atoms with Crippen LogP contribution in [0.4, 0.5) is 10.1 Å². The van der Waals surface area contributed by atoms with Crippen molar-refractivity contribution >= 4 is 27.5 Å². The molecule has 0 aromatic heterocycles. The Labute approximate surface area is 276 Å². The number of benzene rings is 4. The van der Waals surface area contributed by atoms with E-state index in [4.69, 9.17) is 9.47 Å². The lowest BCUT2D eigenvalue weighted by Crippen LogP contribution is -2.54. The second-order valence-electron chi connectivity index (χ2n) is 11.0. The van der Waals surface area contributed by atoms with Gasteiger partial charge in [0.2, 0.25) is 11.8 Å². The molecule has 2 unspecified atom stereocenters. The van der Waals surface area contributed by atoms with Crippen molar-refractivity contribution in [3.63, 3.8) is 0 Å². The van der Waals surface area contributed by atoms with Crippen LogP contribution < -0.4 is 19.1 Å². The summed E-state index contributed by atoms with van der Waals surface area (Å²) in [5.41, 5.74) is 1.07. The lowest BCUT2D eigenvalue weighted by Gasteiger charge is -2.34. The summed E-state index contributed by atoms with van der Waals surface area (Å²) in [6.07, 6.45) is 0.760. The van der Waals surface area contributed by atoms with Crippen molar-refractivity contribution < 1.29 is 31.9 Å². The first kappa shape index (κ1) is 35.0. The predicted octanol–water partition coefficient (Wildman–Crippen LogP) is 5.59. The standard InChI is InChI=1S/C36H40FN3O6S/c1-5-26(2)38-36(42)33(23-27-13-7-6-8-14-27)39(24-28-15-9-10-16-31(28)37)35(41)25-40(32-17-11-12-18-34(32)46-4)47(43,44)30-21-19-29(45-3)20-22-30/h6-22,26,33H,5,23-25H2,1-4H3,(H,38,42). The summed E-state index contributed by atoms with van der Waals surface area (Å²) in [6, 6.07) is 26.1. The monoisotopic (exact) mass is 661 g/mol. The van der Waals surface area contributed by atoms with E-state index >= 15 is 4.39 Å². The van der Waals surface area contributed by atoms with Crippen LogP contribution in [0, 0.1) is 5.82 Å². The van der Waals surface area contributed by atoms with E-state index in [-0.39, 0.29) is 40.9 Å². The molecule has 0 heterocycles. The molecular weight excluding hydrogens is 621 g/mol. The van der Waals surface area contributed by atoms with E-state index in [9.17, 15) is 18.0 Å². The first-order chi connectivity index (χ1) is 22.6. The van der Waals surface area contributed by atoms with Crippen molar-refractivity contribution in [1.82, 2.24) is 10.2 Å². The molecule has 4 aromatic rings. The summed E-state index contributed by atoms with van der Waals surface area (Å²) in [4.78, 5) is 29.6. The van der Waals surface area contributed by atoms with Gasteiger partial charge in [-0.3, -0.25) is 13.9 Å². The van der Waals surface area contributed by atoms with Gasteiger partial charge in [-0.25, -0.2) is 12.8 Å². The number of carbonyl (C=O) groups is 2. The molecule has 0 bridgehead atoms. The fourth-order valence-corrected chi connectivity index (χ4v) is 6.45. The van der Waals surface area contributed by atoms with E-state index in [0.29, 0.717) is 12.2 Å². The highest BCUT2D eigenvalue weighted by Gasteiger charge is 2.36. The number of amides is 2. The van der Waals surface area contributed by atoms with Crippen LogP contribution in [0.15, 0.2) is 108 Å². The third-order valence-corrected chi connectivity index (χ3v) is 9.62. The summed E-state index contributed by atoms with van der Waals surface area (Å²) < 4.78 is 55.3. The van der Waals surface area contributed by atoms with Gasteiger partial charge in [-0.2, -0.15) is 0 Å². The quantitative estimate of drug-likeness (QED) is 0.178. The molecule has 0 aliphatic rings. The molecule has 0 aliphatic carbocycles. The summed E-state index contributed by atoms with van der Waals surface area (Å²) >= 11 is 0. The van der Waals surface area contributed by atoms with E-state index < -0.39 is 40.2 Å². The van der Waals surface area contributed by atoms with Gasteiger partial charge in [0, 0.05) is 24.6 Å². The zero-order chi connectivity index (χ0) is 34.0. The van der Waals surface area contributed by atoms with Gasteiger partial charge in [-0.15, -0.1) is 0 Å².